The molecule has 0 saturated carbocycles. The summed E-state index contributed by atoms with van der Waals surface area (Å²) in [6, 6.07) is 75.8. The van der Waals surface area contributed by atoms with Gasteiger partial charge in [0.2, 0.25) is 0 Å². The number of nitrogens with zero attached hydrogens (tertiary/aromatic N) is 2. The summed E-state index contributed by atoms with van der Waals surface area (Å²) in [7, 11) is 0. The molecule has 0 aliphatic heterocycles. The summed E-state index contributed by atoms with van der Waals surface area (Å²) >= 11 is 1.86. The number of aromatic nitrogens is 2. The number of rotatable bonds is 5. The van der Waals surface area contributed by atoms with Crippen LogP contribution >= 0.6 is 11.3 Å². The smallest absolute Gasteiger partial charge is 0.0541 e. The predicted octanol–water partition coefficient (Wildman–Crippen LogP) is 15.2. The molecule has 9 aromatic carbocycles. The Morgan fingerprint density at radius 2 is 0.702 bits per heavy atom. The van der Waals surface area contributed by atoms with Crippen LogP contribution < -0.4 is 0 Å². The normalized spacial score (nSPS) is 11.9. The fraction of sp³-hybridized carbons (Fsp3) is 0. The van der Waals surface area contributed by atoms with Crippen LogP contribution in [0.4, 0.5) is 0 Å². The summed E-state index contributed by atoms with van der Waals surface area (Å²) in [5, 5.41) is 7.64. The molecule has 0 atom stereocenters. The van der Waals surface area contributed by atoms with Crippen LogP contribution in [-0.4, -0.2) is 9.13 Å². The van der Waals surface area contributed by atoms with E-state index in [1.54, 1.807) is 0 Å². The molecule has 3 heterocycles. The summed E-state index contributed by atoms with van der Waals surface area (Å²) in [5.41, 5.74) is 14.4. The summed E-state index contributed by atoms with van der Waals surface area (Å²) < 4.78 is 7.48. The molecule has 266 valence electrons. The van der Waals surface area contributed by atoms with E-state index >= 15 is 0 Å². The Hall–Kier alpha value is -7.20. The van der Waals surface area contributed by atoms with Gasteiger partial charge >= 0.3 is 0 Å². The van der Waals surface area contributed by atoms with Crippen molar-refractivity contribution in [3.8, 4) is 44.8 Å². The molecule has 0 fully saturated rings. The standard InChI is InChI=1S/C54H34N2S/c1-3-13-35(14-4-1)39-29-40(38-25-28-54-48(34-38)45-19-9-12-22-53(45)57-54)31-42(30-39)56-50-21-11-8-18-44(50)47-33-37(24-27-52(47)56)36-23-26-51-46(32-36)43-17-7-10-20-49(43)55(51)41-15-5-2-6-16-41/h1-34H. The van der Waals surface area contributed by atoms with E-state index in [-0.39, 0.29) is 0 Å². The van der Waals surface area contributed by atoms with Crippen LogP contribution in [0.15, 0.2) is 206 Å². The highest BCUT2D eigenvalue weighted by atomic mass is 32.1. The SMILES string of the molecule is c1ccc(-c2cc(-c3ccc4sc5ccccc5c4c3)cc(-n3c4ccccc4c4cc(-c5ccc6c(c5)c5ccccc5n6-c5ccccc5)ccc43)c2)cc1. The predicted molar refractivity (Wildman–Crippen MR) is 244 cm³/mol. The molecule has 0 radical (unpaired) electrons. The van der Waals surface area contributed by atoms with E-state index in [4.69, 9.17) is 0 Å². The van der Waals surface area contributed by atoms with Crippen molar-refractivity contribution < 1.29 is 0 Å². The highest BCUT2D eigenvalue weighted by Crippen LogP contribution is 2.41. The number of para-hydroxylation sites is 3. The number of fused-ring (bicyclic) bond motifs is 9. The van der Waals surface area contributed by atoms with Crippen molar-refractivity contribution >= 4 is 75.1 Å². The lowest BCUT2D eigenvalue weighted by Gasteiger charge is -2.14. The van der Waals surface area contributed by atoms with Gasteiger partial charge in [0.1, 0.15) is 0 Å². The van der Waals surface area contributed by atoms with Gasteiger partial charge in [0.05, 0.1) is 22.1 Å². The summed E-state index contributed by atoms with van der Waals surface area (Å²) in [6.07, 6.45) is 0. The van der Waals surface area contributed by atoms with Crippen molar-refractivity contribution in [1.82, 2.24) is 9.13 Å². The van der Waals surface area contributed by atoms with Gasteiger partial charge in [0, 0.05) is 53.1 Å². The first-order valence-corrected chi connectivity index (χ1v) is 20.3. The monoisotopic (exact) mass is 742 g/mol. The molecule has 0 aliphatic rings. The van der Waals surface area contributed by atoms with Crippen molar-refractivity contribution in [3.05, 3.63) is 206 Å². The highest BCUT2D eigenvalue weighted by Gasteiger charge is 2.18. The summed E-state index contributed by atoms with van der Waals surface area (Å²) in [5.74, 6) is 0. The third-order valence-corrected chi connectivity index (χ3v) is 12.8. The number of thiophene rings is 1. The fourth-order valence-corrected chi connectivity index (χ4v) is 10.1. The molecule has 0 bridgehead atoms. The van der Waals surface area contributed by atoms with Crippen LogP contribution in [0, 0.1) is 0 Å². The van der Waals surface area contributed by atoms with Gasteiger partial charge in [-0.15, -0.1) is 11.3 Å². The topological polar surface area (TPSA) is 9.86 Å². The van der Waals surface area contributed by atoms with Gasteiger partial charge in [0.15, 0.2) is 0 Å². The van der Waals surface area contributed by atoms with Crippen LogP contribution in [-0.2, 0) is 0 Å². The van der Waals surface area contributed by atoms with Crippen molar-refractivity contribution in [1.29, 1.82) is 0 Å². The maximum absolute atomic E-state index is 2.46. The second-order valence-electron chi connectivity index (χ2n) is 14.9. The molecule has 0 N–H and O–H groups in total. The quantitative estimate of drug-likeness (QED) is 0.166. The molecule has 12 rings (SSSR count). The molecule has 3 heteroatoms. The molecule has 57 heavy (non-hydrogen) atoms. The molecule has 0 saturated heterocycles. The highest BCUT2D eigenvalue weighted by molar-refractivity contribution is 7.25. The largest absolute Gasteiger partial charge is 0.309 e. The van der Waals surface area contributed by atoms with E-state index in [9.17, 15) is 0 Å². The van der Waals surface area contributed by atoms with Crippen LogP contribution in [0.5, 0.6) is 0 Å². The van der Waals surface area contributed by atoms with E-state index in [1.807, 2.05) is 11.3 Å². The molecule has 0 unspecified atom stereocenters. The average Bonchev–Trinajstić information content (AvgIpc) is 3.94. The third-order valence-electron chi connectivity index (χ3n) is 11.7. The minimum Gasteiger partial charge on any atom is -0.309 e. The van der Waals surface area contributed by atoms with Gasteiger partial charge in [-0.05, 0) is 118 Å². The van der Waals surface area contributed by atoms with E-state index in [0.29, 0.717) is 0 Å². The Morgan fingerprint density at radius 3 is 1.37 bits per heavy atom. The average molecular weight is 743 g/mol. The van der Waals surface area contributed by atoms with Gasteiger partial charge in [-0.25, -0.2) is 0 Å². The number of hydrogen-bond donors (Lipinski definition) is 0. The van der Waals surface area contributed by atoms with Crippen molar-refractivity contribution in [3.63, 3.8) is 0 Å². The first-order chi connectivity index (χ1) is 28.2. The van der Waals surface area contributed by atoms with Crippen LogP contribution in [0.2, 0.25) is 0 Å². The van der Waals surface area contributed by atoms with E-state index in [0.717, 1.165) is 5.69 Å². The molecule has 12 aromatic rings. The molecule has 2 nitrogen and oxygen atoms in total. The second-order valence-corrected chi connectivity index (χ2v) is 16.0. The molecule has 0 spiro atoms. The van der Waals surface area contributed by atoms with Crippen LogP contribution in [0.3, 0.4) is 0 Å². The Kier molecular flexibility index (Phi) is 7.13. The maximum Gasteiger partial charge on any atom is 0.0541 e. The van der Waals surface area contributed by atoms with E-state index in [1.165, 1.54) is 103 Å². The molecular formula is C54H34N2S. The van der Waals surface area contributed by atoms with Crippen LogP contribution in [0.25, 0.3) is 109 Å². The first-order valence-electron chi connectivity index (χ1n) is 19.5. The number of hydrogen-bond acceptors (Lipinski definition) is 1. The summed E-state index contributed by atoms with van der Waals surface area (Å²) in [4.78, 5) is 0. The third kappa shape index (κ3) is 5.10. The molecule has 3 aromatic heterocycles. The maximum atomic E-state index is 2.46. The lowest BCUT2D eigenvalue weighted by molar-refractivity contribution is 1.18. The van der Waals surface area contributed by atoms with Gasteiger partial charge in [-0.3, -0.25) is 0 Å². The molecule has 0 aliphatic carbocycles. The fourth-order valence-electron chi connectivity index (χ4n) is 9.05. The minimum atomic E-state index is 1.15. The summed E-state index contributed by atoms with van der Waals surface area (Å²) in [6.45, 7) is 0. The van der Waals surface area contributed by atoms with Crippen molar-refractivity contribution in [2.45, 2.75) is 0 Å². The molecular weight excluding hydrogens is 709 g/mol. The Labute approximate surface area is 333 Å². The number of benzene rings is 9. The van der Waals surface area contributed by atoms with Gasteiger partial charge < -0.3 is 9.13 Å². The lowest BCUT2D eigenvalue weighted by atomic mass is 9.97. The van der Waals surface area contributed by atoms with Crippen molar-refractivity contribution in [2.75, 3.05) is 0 Å². The van der Waals surface area contributed by atoms with E-state index < -0.39 is 0 Å². The Bertz CT molecular complexity index is 3510. The zero-order valence-corrected chi connectivity index (χ0v) is 31.7. The second kappa shape index (κ2) is 12.7. The zero-order valence-electron chi connectivity index (χ0n) is 30.9. The first kappa shape index (κ1) is 32.1. The Balaban J connectivity index is 1.05. The zero-order chi connectivity index (χ0) is 37.5. The van der Waals surface area contributed by atoms with Crippen LogP contribution in [0.1, 0.15) is 0 Å². The minimum absolute atomic E-state index is 1.15. The van der Waals surface area contributed by atoms with E-state index in [2.05, 4.69) is 215 Å². The Morgan fingerprint density at radius 1 is 0.246 bits per heavy atom. The molecule has 0 amide bonds. The van der Waals surface area contributed by atoms with Gasteiger partial charge in [0.25, 0.3) is 0 Å². The van der Waals surface area contributed by atoms with Gasteiger partial charge in [-0.1, -0.05) is 121 Å². The lowest BCUT2D eigenvalue weighted by Crippen LogP contribution is -1.96. The van der Waals surface area contributed by atoms with Gasteiger partial charge in [-0.2, -0.15) is 0 Å². The van der Waals surface area contributed by atoms with Crippen molar-refractivity contribution in [2.24, 2.45) is 0 Å².